The Hall–Kier alpha value is -1.35. The first-order valence-corrected chi connectivity index (χ1v) is 7.72. The third kappa shape index (κ3) is 4.34. The Labute approximate surface area is 122 Å². The molecule has 0 saturated carbocycles. The molecular formula is C17H26N2O. The summed E-state index contributed by atoms with van der Waals surface area (Å²) in [7, 11) is 0. The highest BCUT2D eigenvalue weighted by Gasteiger charge is 2.23. The van der Waals surface area contributed by atoms with Crippen LogP contribution < -0.4 is 10.6 Å². The van der Waals surface area contributed by atoms with Gasteiger partial charge in [-0.3, -0.25) is 4.79 Å². The molecule has 0 radical (unpaired) electrons. The summed E-state index contributed by atoms with van der Waals surface area (Å²) in [4.78, 5) is 12.4. The Kier molecular flexibility index (Phi) is 5.60. The minimum Gasteiger partial charge on any atom is -0.354 e. The number of carbonyl (C=O) groups is 1. The third-order valence-electron chi connectivity index (χ3n) is 4.13. The van der Waals surface area contributed by atoms with Crippen LogP contribution in [-0.4, -0.2) is 25.0 Å². The molecule has 1 saturated heterocycles. The van der Waals surface area contributed by atoms with E-state index in [4.69, 9.17) is 0 Å². The second-order valence-corrected chi connectivity index (χ2v) is 6.08. The third-order valence-corrected chi connectivity index (χ3v) is 4.13. The van der Waals surface area contributed by atoms with Crippen molar-refractivity contribution in [1.29, 1.82) is 0 Å². The van der Waals surface area contributed by atoms with Crippen molar-refractivity contribution in [3.63, 3.8) is 0 Å². The van der Waals surface area contributed by atoms with E-state index in [2.05, 4.69) is 36.6 Å². The van der Waals surface area contributed by atoms with E-state index in [9.17, 15) is 4.79 Å². The van der Waals surface area contributed by atoms with Crippen LogP contribution in [0.2, 0.25) is 0 Å². The molecule has 1 heterocycles. The molecule has 0 aromatic heterocycles. The lowest BCUT2D eigenvalue weighted by Crippen LogP contribution is -2.41. The molecule has 1 fully saturated rings. The van der Waals surface area contributed by atoms with Crippen molar-refractivity contribution in [2.75, 3.05) is 13.1 Å². The molecule has 3 nitrogen and oxygen atoms in total. The van der Waals surface area contributed by atoms with Crippen molar-refractivity contribution >= 4 is 5.91 Å². The van der Waals surface area contributed by atoms with E-state index >= 15 is 0 Å². The number of carbonyl (C=O) groups excluding carboxylic acids is 1. The number of benzene rings is 1. The molecule has 3 heteroatoms. The van der Waals surface area contributed by atoms with Gasteiger partial charge in [0.25, 0.3) is 0 Å². The SMILES string of the molecule is CC(C)C(Cc1ccccc1)C(=O)NCC1CCCN1. The molecule has 2 N–H and O–H groups in total. The van der Waals surface area contributed by atoms with Crippen LogP contribution in [0.4, 0.5) is 0 Å². The van der Waals surface area contributed by atoms with Crippen LogP contribution in [0, 0.1) is 11.8 Å². The molecule has 0 spiro atoms. The first-order valence-electron chi connectivity index (χ1n) is 7.72. The van der Waals surface area contributed by atoms with Crippen molar-refractivity contribution in [3.05, 3.63) is 35.9 Å². The van der Waals surface area contributed by atoms with Gasteiger partial charge in [0.1, 0.15) is 0 Å². The maximum absolute atomic E-state index is 12.4. The smallest absolute Gasteiger partial charge is 0.223 e. The maximum atomic E-state index is 12.4. The van der Waals surface area contributed by atoms with Crippen molar-refractivity contribution < 1.29 is 4.79 Å². The highest BCUT2D eigenvalue weighted by molar-refractivity contribution is 5.79. The van der Waals surface area contributed by atoms with E-state index in [-0.39, 0.29) is 11.8 Å². The molecule has 1 aliphatic heterocycles. The van der Waals surface area contributed by atoms with Crippen LogP contribution >= 0.6 is 0 Å². The van der Waals surface area contributed by atoms with Gasteiger partial charge in [0.05, 0.1) is 0 Å². The summed E-state index contributed by atoms with van der Waals surface area (Å²) >= 11 is 0. The van der Waals surface area contributed by atoms with E-state index in [1.165, 1.54) is 18.4 Å². The fraction of sp³-hybridized carbons (Fsp3) is 0.588. The molecule has 1 aromatic rings. The molecule has 1 aromatic carbocycles. The first-order chi connectivity index (χ1) is 9.66. The van der Waals surface area contributed by atoms with E-state index in [0.717, 1.165) is 19.5 Å². The summed E-state index contributed by atoms with van der Waals surface area (Å²) in [6.45, 7) is 6.09. The first kappa shape index (κ1) is 15.0. The highest BCUT2D eigenvalue weighted by Crippen LogP contribution is 2.17. The summed E-state index contributed by atoms with van der Waals surface area (Å²) < 4.78 is 0. The summed E-state index contributed by atoms with van der Waals surface area (Å²) in [6, 6.07) is 10.7. The van der Waals surface area contributed by atoms with Crippen LogP contribution in [-0.2, 0) is 11.2 Å². The molecule has 110 valence electrons. The van der Waals surface area contributed by atoms with Gasteiger partial charge in [-0.05, 0) is 37.3 Å². The summed E-state index contributed by atoms with van der Waals surface area (Å²) in [5, 5.41) is 6.54. The summed E-state index contributed by atoms with van der Waals surface area (Å²) in [6.07, 6.45) is 3.21. The molecule has 20 heavy (non-hydrogen) atoms. The maximum Gasteiger partial charge on any atom is 0.223 e. The van der Waals surface area contributed by atoms with Crippen LogP contribution in [0.5, 0.6) is 0 Å². The van der Waals surface area contributed by atoms with Gasteiger partial charge >= 0.3 is 0 Å². The number of amides is 1. The number of nitrogens with one attached hydrogen (secondary N) is 2. The fourth-order valence-electron chi connectivity index (χ4n) is 2.79. The zero-order valence-corrected chi connectivity index (χ0v) is 12.6. The number of rotatable bonds is 6. The Morgan fingerprint density at radius 1 is 1.35 bits per heavy atom. The van der Waals surface area contributed by atoms with Crippen LogP contribution in [0.1, 0.15) is 32.3 Å². The Bertz CT molecular complexity index is 410. The van der Waals surface area contributed by atoms with Crippen molar-refractivity contribution in [3.8, 4) is 0 Å². The molecule has 0 bridgehead atoms. The van der Waals surface area contributed by atoms with Gasteiger partial charge in [-0.1, -0.05) is 44.2 Å². The monoisotopic (exact) mass is 274 g/mol. The van der Waals surface area contributed by atoms with E-state index in [1.807, 2.05) is 18.2 Å². The van der Waals surface area contributed by atoms with E-state index < -0.39 is 0 Å². The molecular weight excluding hydrogens is 248 g/mol. The van der Waals surface area contributed by atoms with E-state index in [1.54, 1.807) is 0 Å². The predicted octanol–water partition coefficient (Wildman–Crippen LogP) is 2.37. The second-order valence-electron chi connectivity index (χ2n) is 6.08. The predicted molar refractivity (Wildman–Crippen MR) is 82.5 cm³/mol. The van der Waals surface area contributed by atoms with Crippen LogP contribution in [0.15, 0.2) is 30.3 Å². The van der Waals surface area contributed by atoms with Crippen LogP contribution in [0.25, 0.3) is 0 Å². The van der Waals surface area contributed by atoms with Crippen molar-refractivity contribution in [2.24, 2.45) is 11.8 Å². The lowest BCUT2D eigenvalue weighted by molar-refractivity contribution is -0.126. The lowest BCUT2D eigenvalue weighted by Gasteiger charge is -2.21. The van der Waals surface area contributed by atoms with Gasteiger partial charge in [0, 0.05) is 18.5 Å². The zero-order chi connectivity index (χ0) is 14.4. The zero-order valence-electron chi connectivity index (χ0n) is 12.6. The Morgan fingerprint density at radius 3 is 2.70 bits per heavy atom. The van der Waals surface area contributed by atoms with Crippen molar-refractivity contribution in [2.45, 2.75) is 39.2 Å². The number of hydrogen-bond donors (Lipinski definition) is 2. The Balaban J connectivity index is 1.88. The summed E-state index contributed by atoms with van der Waals surface area (Å²) in [5.41, 5.74) is 1.24. The second kappa shape index (κ2) is 7.44. The minimum atomic E-state index is 0.0544. The average molecular weight is 274 g/mol. The summed E-state index contributed by atoms with van der Waals surface area (Å²) in [5.74, 6) is 0.600. The van der Waals surface area contributed by atoms with Gasteiger partial charge in [0.15, 0.2) is 0 Å². The Morgan fingerprint density at radius 2 is 2.10 bits per heavy atom. The topological polar surface area (TPSA) is 41.1 Å². The van der Waals surface area contributed by atoms with E-state index in [0.29, 0.717) is 12.0 Å². The van der Waals surface area contributed by atoms with Gasteiger partial charge in [-0.25, -0.2) is 0 Å². The normalized spacial score (nSPS) is 20.1. The largest absolute Gasteiger partial charge is 0.354 e. The molecule has 0 aliphatic carbocycles. The minimum absolute atomic E-state index is 0.0544. The van der Waals surface area contributed by atoms with Crippen molar-refractivity contribution in [1.82, 2.24) is 10.6 Å². The highest BCUT2D eigenvalue weighted by atomic mass is 16.1. The van der Waals surface area contributed by atoms with Crippen LogP contribution in [0.3, 0.4) is 0 Å². The molecule has 2 unspecified atom stereocenters. The molecule has 2 rings (SSSR count). The molecule has 2 atom stereocenters. The quantitative estimate of drug-likeness (QED) is 0.836. The van der Waals surface area contributed by atoms with Gasteiger partial charge in [-0.2, -0.15) is 0 Å². The average Bonchev–Trinajstić information content (AvgIpc) is 2.96. The van der Waals surface area contributed by atoms with Gasteiger partial charge in [-0.15, -0.1) is 0 Å². The van der Waals surface area contributed by atoms with Gasteiger partial charge in [0.2, 0.25) is 5.91 Å². The molecule has 1 aliphatic rings. The van der Waals surface area contributed by atoms with Gasteiger partial charge < -0.3 is 10.6 Å². The standard InChI is InChI=1S/C17H26N2O/c1-13(2)16(11-14-7-4-3-5-8-14)17(20)19-12-15-9-6-10-18-15/h3-5,7-8,13,15-16,18H,6,9-12H2,1-2H3,(H,19,20). The molecule has 1 amide bonds. The fourth-order valence-corrected chi connectivity index (χ4v) is 2.79. The number of hydrogen-bond acceptors (Lipinski definition) is 2. The lowest BCUT2D eigenvalue weighted by atomic mass is 9.88.